The van der Waals surface area contributed by atoms with Gasteiger partial charge in [0.05, 0.1) is 12.1 Å². The minimum Gasteiger partial charge on any atom is -0.486 e. The van der Waals surface area contributed by atoms with Crippen LogP contribution in [-0.2, 0) is 16.0 Å². The van der Waals surface area contributed by atoms with Crippen molar-refractivity contribution in [2.45, 2.75) is 18.5 Å². The minimum atomic E-state index is -0.602. The molecule has 23 heavy (non-hydrogen) atoms. The van der Waals surface area contributed by atoms with E-state index in [0.29, 0.717) is 12.2 Å². The number of fused-ring (bicyclic) bond motifs is 1. The molecular formula is C18H17N2O3. The molecule has 1 aliphatic heterocycles. The lowest BCUT2D eigenvalue weighted by Gasteiger charge is -2.30. The van der Waals surface area contributed by atoms with Gasteiger partial charge in [0.15, 0.2) is 5.78 Å². The van der Waals surface area contributed by atoms with E-state index >= 15 is 0 Å². The van der Waals surface area contributed by atoms with Crippen LogP contribution < -0.4 is 15.8 Å². The Labute approximate surface area is 134 Å². The molecule has 5 nitrogen and oxygen atoms in total. The molecule has 3 rings (SSSR count). The summed E-state index contributed by atoms with van der Waals surface area (Å²) in [5, 5.41) is 3.03. The Morgan fingerprint density at radius 3 is 2.78 bits per heavy atom. The summed E-state index contributed by atoms with van der Waals surface area (Å²) < 4.78 is 5.52. The molecule has 2 aromatic carbocycles. The lowest BCUT2D eigenvalue weighted by Crippen LogP contribution is -2.50. The van der Waals surface area contributed by atoms with Gasteiger partial charge in [-0.25, -0.2) is 0 Å². The van der Waals surface area contributed by atoms with Crippen LogP contribution in [0, 0.1) is 6.07 Å². The number of carbonyl (C=O) groups excluding carboxylic acids is 2. The summed E-state index contributed by atoms with van der Waals surface area (Å²) in [6, 6.07) is 16.3. The number of Topliss-reactive ketones (excluding diaryl/α,β-unsaturated/α-hetero) is 1. The first-order valence-corrected chi connectivity index (χ1v) is 7.40. The predicted octanol–water partition coefficient (Wildman–Crippen LogP) is 1.18. The molecule has 117 valence electrons. The second-order valence-electron chi connectivity index (χ2n) is 5.45. The Balaban J connectivity index is 1.77. The summed E-state index contributed by atoms with van der Waals surface area (Å²) in [7, 11) is 0. The number of nitrogens with one attached hydrogen (secondary N) is 1. The van der Waals surface area contributed by atoms with Crippen molar-refractivity contribution in [1.82, 2.24) is 5.32 Å². The average molecular weight is 309 g/mol. The molecule has 0 bridgehead atoms. The van der Waals surface area contributed by atoms with Gasteiger partial charge in [0.1, 0.15) is 12.4 Å². The number of ether oxygens (including phenoxy) is 1. The topological polar surface area (TPSA) is 81.4 Å². The van der Waals surface area contributed by atoms with Crippen LogP contribution in [0.1, 0.15) is 17.2 Å². The molecule has 1 aliphatic rings. The molecule has 5 heteroatoms. The van der Waals surface area contributed by atoms with Crippen molar-refractivity contribution in [1.29, 1.82) is 0 Å². The number of ketones is 1. The minimum absolute atomic E-state index is 0.0782. The van der Waals surface area contributed by atoms with Crippen LogP contribution in [0.5, 0.6) is 5.75 Å². The first-order valence-electron chi connectivity index (χ1n) is 7.40. The van der Waals surface area contributed by atoms with Gasteiger partial charge < -0.3 is 10.5 Å². The van der Waals surface area contributed by atoms with E-state index in [1.807, 2.05) is 24.3 Å². The van der Waals surface area contributed by atoms with Gasteiger partial charge in [-0.3, -0.25) is 14.9 Å². The van der Waals surface area contributed by atoms with E-state index < -0.39 is 18.0 Å². The largest absolute Gasteiger partial charge is 0.486 e. The Kier molecular flexibility index (Phi) is 4.39. The predicted molar refractivity (Wildman–Crippen MR) is 84.8 cm³/mol. The zero-order valence-electron chi connectivity index (χ0n) is 12.5. The molecule has 0 aliphatic carbocycles. The standard InChI is InChI=1S/C18H17N2O3/c19-18(22)15-10-12-6-4-5-9-14(12)17(20-15)16(21)11-23-13-7-2-1-3-8-13/h1-3,5-9,15,17,20H,10-11H2,(H2,19,22). The number of rotatable bonds is 5. The van der Waals surface area contributed by atoms with Crippen LogP contribution in [0.4, 0.5) is 0 Å². The number of hydrogen-bond donors (Lipinski definition) is 2. The van der Waals surface area contributed by atoms with Crippen molar-refractivity contribution in [3.8, 4) is 5.75 Å². The number of nitrogens with two attached hydrogens (primary N) is 1. The van der Waals surface area contributed by atoms with Gasteiger partial charge in [0, 0.05) is 0 Å². The van der Waals surface area contributed by atoms with Crippen LogP contribution in [0.3, 0.4) is 0 Å². The smallest absolute Gasteiger partial charge is 0.234 e. The van der Waals surface area contributed by atoms with Gasteiger partial charge in [-0.2, -0.15) is 0 Å². The maximum absolute atomic E-state index is 12.6. The van der Waals surface area contributed by atoms with Crippen molar-refractivity contribution < 1.29 is 14.3 Å². The maximum atomic E-state index is 12.6. The SMILES string of the molecule is NC(=O)C1Cc2c[c]ccc2C(C(=O)COc2ccccc2)N1. The van der Waals surface area contributed by atoms with E-state index in [2.05, 4.69) is 11.4 Å². The van der Waals surface area contributed by atoms with Crippen LogP contribution in [0.2, 0.25) is 0 Å². The van der Waals surface area contributed by atoms with Crippen molar-refractivity contribution in [2.24, 2.45) is 5.73 Å². The quantitative estimate of drug-likeness (QED) is 0.869. The third kappa shape index (κ3) is 3.40. The summed E-state index contributed by atoms with van der Waals surface area (Å²) in [5.74, 6) is 0.0123. The second kappa shape index (κ2) is 6.62. The Hall–Kier alpha value is -2.66. The van der Waals surface area contributed by atoms with Crippen molar-refractivity contribution in [3.63, 3.8) is 0 Å². The van der Waals surface area contributed by atoms with Crippen molar-refractivity contribution in [3.05, 3.63) is 65.7 Å². The van der Waals surface area contributed by atoms with Crippen LogP contribution in [0.25, 0.3) is 0 Å². The molecule has 3 N–H and O–H groups in total. The summed E-state index contributed by atoms with van der Waals surface area (Å²) in [4.78, 5) is 24.1. The van der Waals surface area contributed by atoms with Gasteiger partial charge in [-0.05, 0) is 35.7 Å². The highest BCUT2D eigenvalue weighted by Gasteiger charge is 2.33. The van der Waals surface area contributed by atoms with Gasteiger partial charge in [-0.1, -0.05) is 36.4 Å². The van der Waals surface area contributed by atoms with E-state index in [0.717, 1.165) is 11.1 Å². The maximum Gasteiger partial charge on any atom is 0.234 e. The van der Waals surface area contributed by atoms with Crippen LogP contribution in [0.15, 0.2) is 48.5 Å². The van der Waals surface area contributed by atoms with Crippen LogP contribution >= 0.6 is 0 Å². The Morgan fingerprint density at radius 1 is 1.26 bits per heavy atom. The molecule has 0 fully saturated rings. The molecule has 2 unspecified atom stereocenters. The van der Waals surface area contributed by atoms with E-state index in [9.17, 15) is 9.59 Å². The van der Waals surface area contributed by atoms with Gasteiger partial charge >= 0.3 is 0 Å². The van der Waals surface area contributed by atoms with E-state index in [4.69, 9.17) is 10.5 Å². The first kappa shape index (κ1) is 15.2. The lowest BCUT2D eigenvalue weighted by atomic mass is 9.88. The van der Waals surface area contributed by atoms with Crippen molar-refractivity contribution >= 4 is 11.7 Å². The lowest BCUT2D eigenvalue weighted by molar-refractivity contribution is -0.125. The van der Waals surface area contributed by atoms with E-state index in [1.54, 1.807) is 24.3 Å². The average Bonchev–Trinajstić information content (AvgIpc) is 2.59. The van der Waals surface area contributed by atoms with Crippen molar-refractivity contribution in [2.75, 3.05) is 6.61 Å². The Morgan fingerprint density at radius 2 is 2.04 bits per heavy atom. The fourth-order valence-electron chi connectivity index (χ4n) is 2.71. The third-order valence-corrected chi connectivity index (χ3v) is 3.88. The molecule has 2 atom stereocenters. The molecule has 0 aromatic heterocycles. The van der Waals surface area contributed by atoms with E-state index in [1.165, 1.54) is 0 Å². The second-order valence-corrected chi connectivity index (χ2v) is 5.45. The fourth-order valence-corrected chi connectivity index (χ4v) is 2.71. The summed E-state index contributed by atoms with van der Waals surface area (Å²) >= 11 is 0. The van der Waals surface area contributed by atoms with Gasteiger partial charge in [0.25, 0.3) is 0 Å². The molecule has 0 saturated heterocycles. The molecule has 1 radical (unpaired) electrons. The summed E-state index contributed by atoms with van der Waals surface area (Å²) in [5.41, 5.74) is 7.16. The number of primary amides is 1. The van der Waals surface area contributed by atoms with Gasteiger partial charge in [-0.15, -0.1) is 0 Å². The number of para-hydroxylation sites is 1. The normalized spacial score (nSPS) is 19.7. The van der Waals surface area contributed by atoms with E-state index in [-0.39, 0.29) is 12.4 Å². The monoisotopic (exact) mass is 309 g/mol. The number of carbonyl (C=O) groups is 2. The Bertz CT molecular complexity index is 715. The highest BCUT2D eigenvalue weighted by atomic mass is 16.5. The first-order chi connectivity index (χ1) is 11.1. The molecule has 1 amide bonds. The summed E-state index contributed by atoms with van der Waals surface area (Å²) in [6.07, 6.45) is 0.464. The number of hydrogen-bond acceptors (Lipinski definition) is 4. The molecular weight excluding hydrogens is 292 g/mol. The highest BCUT2D eigenvalue weighted by Crippen LogP contribution is 2.26. The zero-order valence-corrected chi connectivity index (χ0v) is 12.5. The molecule has 0 spiro atoms. The third-order valence-electron chi connectivity index (χ3n) is 3.88. The molecule has 2 aromatic rings. The zero-order chi connectivity index (χ0) is 16.2. The number of benzene rings is 2. The fraction of sp³-hybridized carbons (Fsp3) is 0.222. The molecule has 1 heterocycles. The van der Waals surface area contributed by atoms with Gasteiger partial charge in [0.2, 0.25) is 5.91 Å². The number of amides is 1. The molecule has 0 saturated carbocycles. The highest BCUT2D eigenvalue weighted by molar-refractivity contribution is 5.89. The summed E-state index contributed by atoms with van der Waals surface area (Å²) in [6.45, 7) is -0.0782. The van der Waals surface area contributed by atoms with Crippen LogP contribution in [-0.4, -0.2) is 24.3 Å².